The molecule has 0 aliphatic heterocycles. The van der Waals surface area contributed by atoms with Crippen LogP contribution in [0, 0.1) is 5.82 Å². The molecule has 4 aromatic rings. The van der Waals surface area contributed by atoms with E-state index in [2.05, 4.69) is 10.3 Å². The highest BCUT2D eigenvalue weighted by atomic mass is 19.1. The first kappa shape index (κ1) is 23.9. The minimum Gasteiger partial charge on any atom is -0.505 e. The molecule has 0 saturated heterocycles. The number of rotatable bonds is 8. The van der Waals surface area contributed by atoms with Gasteiger partial charge in [0.25, 0.3) is 11.5 Å². The van der Waals surface area contributed by atoms with E-state index in [-0.39, 0.29) is 11.1 Å². The lowest BCUT2D eigenvalue weighted by Crippen LogP contribution is -2.33. The summed E-state index contributed by atoms with van der Waals surface area (Å²) in [7, 11) is 1.53. The van der Waals surface area contributed by atoms with Crippen LogP contribution in [-0.4, -0.2) is 27.1 Å². The highest BCUT2D eigenvalue weighted by Crippen LogP contribution is 2.28. The second kappa shape index (κ2) is 10.4. The van der Waals surface area contributed by atoms with Gasteiger partial charge in [-0.05, 0) is 35.2 Å². The molecule has 0 bridgehead atoms. The van der Waals surface area contributed by atoms with Crippen molar-refractivity contribution in [3.8, 4) is 11.5 Å². The van der Waals surface area contributed by atoms with Gasteiger partial charge in [-0.1, -0.05) is 43.3 Å². The lowest BCUT2D eigenvalue weighted by molar-refractivity contribution is 0.0949. The van der Waals surface area contributed by atoms with Crippen LogP contribution in [0.3, 0.4) is 0 Å². The monoisotopic (exact) mass is 475 g/mol. The van der Waals surface area contributed by atoms with E-state index in [1.54, 1.807) is 18.3 Å². The van der Waals surface area contributed by atoms with Crippen LogP contribution < -0.4 is 15.6 Å². The Bertz CT molecular complexity index is 1430. The Morgan fingerprint density at radius 2 is 1.91 bits per heavy atom. The number of benzene rings is 2. The van der Waals surface area contributed by atoms with E-state index in [0.29, 0.717) is 37.3 Å². The van der Waals surface area contributed by atoms with Gasteiger partial charge in [0.2, 0.25) is 0 Å². The molecule has 0 aliphatic rings. The number of aromatic nitrogens is 2. The summed E-state index contributed by atoms with van der Waals surface area (Å²) in [5, 5.41) is 13.3. The second-order valence-electron chi connectivity index (χ2n) is 8.26. The fraction of sp³-hybridized carbons (Fsp3) is 0.222. The molecule has 2 aromatic heterocycles. The van der Waals surface area contributed by atoms with E-state index < -0.39 is 23.0 Å². The van der Waals surface area contributed by atoms with E-state index in [1.165, 1.54) is 23.7 Å². The van der Waals surface area contributed by atoms with Crippen molar-refractivity contribution in [2.24, 2.45) is 7.05 Å². The van der Waals surface area contributed by atoms with Crippen LogP contribution >= 0.6 is 0 Å². The number of pyridine rings is 2. The smallest absolute Gasteiger partial charge is 0.267 e. The zero-order valence-corrected chi connectivity index (χ0v) is 19.5. The molecule has 8 heteroatoms. The number of amides is 1. The zero-order chi connectivity index (χ0) is 24.9. The molecule has 180 valence electrons. The number of carbonyl (C=O) groups excluding carboxylic acids is 1. The molecule has 2 heterocycles. The normalized spacial score (nSPS) is 10.9. The molecule has 4 rings (SSSR count). The van der Waals surface area contributed by atoms with E-state index >= 15 is 0 Å². The van der Waals surface area contributed by atoms with Gasteiger partial charge in [0.05, 0.1) is 5.52 Å². The molecule has 2 aromatic carbocycles. The predicted octanol–water partition coefficient (Wildman–Crippen LogP) is 4.09. The third-order valence-corrected chi connectivity index (χ3v) is 5.69. The maximum atomic E-state index is 14.0. The van der Waals surface area contributed by atoms with Gasteiger partial charge in [-0.3, -0.25) is 14.6 Å². The van der Waals surface area contributed by atoms with Crippen molar-refractivity contribution in [2.45, 2.75) is 26.4 Å². The van der Waals surface area contributed by atoms with Gasteiger partial charge in [-0.15, -0.1) is 0 Å². The number of nitrogens with one attached hydrogen (secondary N) is 1. The molecule has 0 radical (unpaired) electrons. The Morgan fingerprint density at radius 3 is 2.66 bits per heavy atom. The summed E-state index contributed by atoms with van der Waals surface area (Å²) >= 11 is 0. The maximum Gasteiger partial charge on any atom is 0.267 e. The quantitative estimate of drug-likeness (QED) is 0.400. The molecule has 0 fully saturated rings. The van der Waals surface area contributed by atoms with Crippen molar-refractivity contribution in [1.82, 2.24) is 14.9 Å². The van der Waals surface area contributed by atoms with Crippen molar-refractivity contribution in [1.29, 1.82) is 0 Å². The molecule has 0 atom stereocenters. The number of ether oxygens (including phenoxy) is 1. The fourth-order valence-corrected chi connectivity index (χ4v) is 3.82. The summed E-state index contributed by atoms with van der Waals surface area (Å²) in [5.74, 6) is -1.08. The lowest BCUT2D eigenvalue weighted by atomic mass is 10.0. The second-order valence-corrected chi connectivity index (χ2v) is 8.26. The van der Waals surface area contributed by atoms with E-state index in [4.69, 9.17) is 4.74 Å². The highest BCUT2D eigenvalue weighted by Gasteiger charge is 2.22. The van der Waals surface area contributed by atoms with Crippen LogP contribution in [0.25, 0.3) is 11.0 Å². The van der Waals surface area contributed by atoms with Gasteiger partial charge >= 0.3 is 0 Å². The summed E-state index contributed by atoms with van der Waals surface area (Å²) in [4.78, 5) is 29.6. The number of aromatic hydroxyl groups is 1. The Kier molecular flexibility index (Phi) is 7.10. The number of aryl methyl sites for hydroxylation is 1. The van der Waals surface area contributed by atoms with Gasteiger partial charge in [0.15, 0.2) is 5.75 Å². The van der Waals surface area contributed by atoms with E-state index in [0.717, 1.165) is 16.7 Å². The van der Waals surface area contributed by atoms with Crippen LogP contribution in [0.5, 0.6) is 11.5 Å². The number of fused-ring (bicyclic) bond motifs is 1. The van der Waals surface area contributed by atoms with Gasteiger partial charge in [0.1, 0.15) is 29.3 Å². The minimum atomic E-state index is -0.635. The van der Waals surface area contributed by atoms with Gasteiger partial charge in [-0.2, -0.15) is 0 Å². The number of hydrogen-bond donors (Lipinski definition) is 2. The number of nitrogens with zero attached hydrogens (tertiary/aromatic N) is 2. The molecule has 0 aliphatic carbocycles. The molecule has 0 unspecified atom stereocenters. The topological polar surface area (TPSA) is 93.4 Å². The van der Waals surface area contributed by atoms with Crippen LogP contribution in [-0.2, 0) is 20.1 Å². The van der Waals surface area contributed by atoms with E-state index in [1.807, 2.05) is 37.3 Å². The molecular weight excluding hydrogens is 449 g/mol. The number of hydrogen-bond acceptors (Lipinski definition) is 5. The largest absolute Gasteiger partial charge is 0.505 e. The molecule has 0 spiro atoms. The first-order valence-corrected chi connectivity index (χ1v) is 11.3. The Morgan fingerprint density at radius 1 is 1.14 bits per heavy atom. The summed E-state index contributed by atoms with van der Waals surface area (Å²) in [6.45, 7) is 2.57. The third-order valence-electron chi connectivity index (χ3n) is 5.69. The zero-order valence-electron chi connectivity index (χ0n) is 19.5. The molecular formula is C27H26FN3O4. The summed E-state index contributed by atoms with van der Waals surface area (Å²) in [6, 6.07) is 15.7. The SMILES string of the molecule is CCCNC(=O)c1c(O)c2ncc(Cc3ccc(F)cc3OCc3ccccc3)cc2n(C)c1=O. The van der Waals surface area contributed by atoms with Gasteiger partial charge in [-0.25, -0.2) is 4.39 Å². The standard InChI is InChI=1S/C27H26FN3O4/c1-3-11-29-26(33)23-25(32)24-21(31(2)27(23)34)13-18(15-30-24)12-19-9-10-20(28)14-22(19)35-16-17-7-5-4-6-8-17/h4-10,13-15,32H,3,11-12,16H2,1-2H3,(H,29,33). The third kappa shape index (κ3) is 5.16. The Labute approximate surface area is 201 Å². The Hall–Kier alpha value is -4.20. The molecule has 7 nitrogen and oxygen atoms in total. The first-order valence-electron chi connectivity index (χ1n) is 11.3. The minimum absolute atomic E-state index is 0.150. The van der Waals surface area contributed by atoms with Crippen molar-refractivity contribution < 1.29 is 19.0 Å². The van der Waals surface area contributed by atoms with Gasteiger partial charge < -0.3 is 19.7 Å². The summed E-state index contributed by atoms with van der Waals surface area (Å²) in [5.41, 5.74) is 2.02. The highest BCUT2D eigenvalue weighted by molar-refractivity contribution is 6.01. The summed E-state index contributed by atoms with van der Waals surface area (Å²) < 4.78 is 21.1. The fourth-order valence-electron chi connectivity index (χ4n) is 3.82. The average molecular weight is 476 g/mol. The van der Waals surface area contributed by atoms with E-state index in [9.17, 15) is 19.1 Å². The van der Waals surface area contributed by atoms with Crippen molar-refractivity contribution in [2.75, 3.05) is 6.54 Å². The molecule has 0 saturated carbocycles. The molecule has 1 amide bonds. The molecule has 35 heavy (non-hydrogen) atoms. The number of halogens is 1. The van der Waals surface area contributed by atoms with Crippen LogP contribution in [0.2, 0.25) is 0 Å². The number of carbonyl (C=O) groups is 1. The first-order chi connectivity index (χ1) is 16.9. The maximum absolute atomic E-state index is 14.0. The van der Waals surface area contributed by atoms with Crippen LogP contribution in [0.4, 0.5) is 4.39 Å². The van der Waals surface area contributed by atoms with Crippen molar-refractivity contribution >= 4 is 16.9 Å². The van der Waals surface area contributed by atoms with Crippen molar-refractivity contribution in [3.63, 3.8) is 0 Å². The summed E-state index contributed by atoms with van der Waals surface area (Å²) in [6.07, 6.45) is 2.62. The lowest BCUT2D eigenvalue weighted by Gasteiger charge is -2.14. The predicted molar refractivity (Wildman–Crippen MR) is 131 cm³/mol. The Balaban J connectivity index is 1.66. The molecule has 2 N–H and O–H groups in total. The van der Waals surface area contributed by atoms with Crippen LogP contribution in [0.15, 0.2) is 65.6 Å². The van der Waals surface area contributed by atoms with Crippen LogP contribution in [0.1, 0.15) is 40.4 Å². The average Bonchev–Trinajstić information content (AvgIpc) is 2.87. The van der Waals surface area contributed by atoms with Crippen molar-refractivity contribution in [3.05, 3.63) is 99.2 Å². The van der Waals surface area contributed by atoms with Gasteiger partial charge in [0, 0.05) is 32.3 Å².